The molecule has 0 spiro atoms. The molecule has 0 saturated carbocycles. The second-order valence-corrected chi connectivity index (χ2v) is 14.5. The van der Waals surface area contributed by atoms with E-state index in [-0.39, 0.29) is 34.9 Å². The van der Waals surface area contributed by atoms with E-state index in [1.165, 1.54) is 17.1 Å². The van der Waals surface area contributed by atoms with Crippen LogP contribution in [0, 0.1) is 5.82 Å². The number of rotatable bonds is 6. The highest BCUT2D eigenvalue weighted by Gasteiger charge is 2.51. The summed E-state index contributed by atoms with van der Waals surface area (Å²) in [6.45, 7) is 6.78. The molecule has 5 rings (SSSR count). The molecule has 3 atom stereocenters. The zero-order chi connectivity index (χ0) is 25.5. The Labute approximate surface area is 210 Å². The van der Waals surface area contributed by atoms with Gasteiger partial charge < -0.3 is 14.9 Å². The zero-order valence-corrected chi connectivity index (χ0v) is 21.6. The molecule has 0 bridgehead atoms. The molecule has 1 aliphatic rings. The Kier molecular flexibility index (Phi) is 6.40. The Hall–Kier alpha value is -3.14. The number of aromatic nitrogens is 3. The molecule has 3 heterocycles. The number of nitrogens with zero attached hydrogens (tertiary/aromatic N) is 3. The molecule has 2 N–H and O–H groups in total. The standard InChI is InChI=1S/C27H30F2N4O2Si/c1-27(2,3)36(19-10-6-4-7-11-19,20-12-8-5-9-13-20)34-16-18-14-21(28)26(35-18)33-15-22(29)23-24(30)31-17-32-25(23)33/h4-13,15,17-18,21,26H,14,16H2,1-3H3,(H2,30,31,32)/t18-,21-,26+/m0/s1. The average molecular weight is 509 g/mol. The summed E-state index contributed by atoms with van der Waals surface area (Å²) >= 11 is 0. The smallest absolute Gasteiger partial charge is 0.261 e. The van der Waals surface area contributed by atoms with Gasteiger partial charge >= 0.3 is 0 Å². The number of nitrogens with two attached hydrogens (primary N) is 1. The van der Waals surface area contributed by atoms with Crippen LogP contribution in [-0.4, -0.2) is 41.7 Å². The fourth-order valence-electron chi connectivity index (χ4n) is 5.29. The van der Waals surface area contributed by atoms with Gasteiger partial charge in [0.2, 0.25) is 0 Å². The van der Waals surface area contributed by atoms with E-state index in [2.05, 4.69) is 55.0 Å². The van der Waals surface area contributed by atoms with E-state index in [9.17, 15) is 4.39 Å². The maximum Gasteiger partial charge on any atom is 0.261 e. The molecule has 1 aliphatic heterocycles. The highest BCUT2D eigenvalue weighted by Crippen LogP contribution is 2.39. The molecule has 188 valence electrons. The van der Waals surface area contributed by atoms with Gasteiger partial charge in [-0.05, 0) is 15.4 Å². The Bertz CT molecular complexity index is 1310. The van der Waals surface area contributed by atoms with Gasteiger partial charge in [0.25, 0.3) is 8.32 Å². The SMILES string of the molecule is CC(C)(C)[Si](OC[C@@H]1C[C@H](F)[C@H](n2cc(F)c3c(N)ncnc32)O1)(c1ccccc1)c1ccccc1. The molecule has 36 heavy (non-hydrogen) atoms. The van der Waals surface area contributed by atoms with Gasteiger partial charge in [-0.15, -0.1) is 0 Å². The lowest BCUT2D eigenvalue weighted by Crippen LogP contribution is -2.67. The number of anilines is 1. The Morgan fingerprint density at radius 2 is 1.67 bits per heavy atom. The second-order valence-electron chi connectivity index (χ2n) is 10.2. The Morgan fingerprint density at radius 1 is 1.06 bits per heavy atom. The van der Waals surface area contributed by atoms with E-state index in [0.29, 0.717) is 0 Å². The van der Waals surface area contributed by atoms with Crippen LogP contribution >= 0.6 is 0 Å². The minimum atomic E-state index is -2.79. The lowest BCUT2D eigenvalue weighted by molar-refractivity contribution is -0.0325. The van der Waals surface area contributed by atoms with Crippen LogP contribution in [0.3, 0.4) is 0 Å². The zero-order valence-electron chi connectivity index (χ0n) is 20.6. The fraction of sp³-hybridized carbons (Fsp3) is 0.333. The lowest BCUT2D eigenvalue weighted by atomic mass is 10.2. The van der Waals surface area contributed by atoms with Crippen LogP contribution < -0.4 is 16.1 Å². The summed E-state index contributed by atoms with van der Waals surface area (Å²) in [5, 5.41) is 2.14. The van der Waals surface area contributed by atoms with Crippen LogP contribution in [0.5, 0.6) is 0 Å². The molecule has 0 aliphatic carbocycles. The van der Waals surface area contributed by atoms with Gasteiger partial charge in [-0.1, -0.05) is 81.4 Å². The minimum absolute atomic E-state index is 0.0104. The first-order valence-corrected chi connectivity index (χ1v) is 13.9. The van der Waals surface area contributed by atoms with Crippen molar-refractivity contribution in [2.45, 2.75) is 50.7 Å². The molecule has 2 aromatic heterocycles. The summed E-state index contributed by atoms with van der Waals surface area (Å²) in [7, 11) is -2.79. The molecule has 2 aromatic carbocycles. The Balaban J connectivity index is 1.46. The maximum atomic E-state index is 15.3. The fourth-order valence-corrected chi connectivity index (χ4v) is 9.88. The van der Waals surface area contributed by atoms with Crippen LogP contribution in [0.25, 0.3) is 11.0 Å². The number of benzene rings is 2. The van der Waals surface area contributed by atoms with Crippen molar-refractivity contribution in [1.29, 1.82) is 0 Å². The third kappa shape index (κ3) is 4.11. The van der Waals surface area contributed by atoms with Gasteiger partial charge in [-0.3, -0.25) is 4.57 Å². The van der Waals surface area contributed by atoms with Crippen LogP contribution in [0.1, 0.15) is 33.4 Å². The molecule has 9 heteroatoms. The number of hydrogen-bond donors (Lipinski definition) is 1. The van der Waals surface area contributed by atoms with Gasteiger partial charge in [0.1, 0.15) is 18.3 Å². The van der Waals surface area contributed by atoms with Crippen molar-refractivity contribution in [3.05, 3.63) is 79.0 Å². The summed E-state index contributed by atoms with van der Waals surface area (Å²) in [5.74, 6) is -0.595. The van der Waals surface area contributed by atoms with Crippen LogP contribution in [0.2, 0.25) is 5.04 Å². The second kappa shape index (κ2) is 9.38. The van der Waals surface area contributed by atoms with E-state index in [0.717, 1.165) is 10.4 Å². The number of hydrogen-bond acceptors (Lipinski definition) is 5. The number of ether oxygens (including phenoxy) is 1. The number of alkyl halides is 1. The lowest BCUT2D eigenvalue weighted by Gasteiger charge is -2.43. The van der Waals surface area contributed by atoms with Crippen LogP contribution in [-0.2, 0) is 9.16 Å². The van der Waals surface area contributed by atoms with Crippen molar-refractivity contribution in [3.8, 4) is 0 Å². The van der Waals surface area contributed by atoms with Crippen molar-refractivity contribution in [2.24, 2.45) is 0 Å². The monoisotopic (exact) mass is 508 g/mol. The van der Waals surface area contributed by atoms with E-state index in [1.54, 1.807) is 0 Å². The average Bonchev–Trinajstić information content (AvgIpc) is 3.39. The number of halogens is 2. The summed E-state index contributed by atoms with van der Waals surface area (Å²) in [6.07, 6.45) is -0.350. The third-order valence-corrected chi connectivity index (χ3v) is 11.9. The van der Waals surface area contributed by atoms with Crippen LogP contribution in [0.4, 0.5) is 14.6 Å². The van der Waals surface area contributed by atoms with Crippen molar-refractivity contribution in [3.63, 3.8) is 0 Å². The van der Waals surface area contributed by atoms with Crippen molar-refractivity contribution >= 4 is 35.5 Å². The molecule has 0 radical (unpaired) electrons. The van der Waals surface area contributed by atoms with E-state index in [4.69, 9.17) is 14.9 Å². The van der Waals surface area contributed by atoms with Gasteiger partial charge in [0, 0.05) is 12.6 Å². The van der Waals surface area contributed by atoms with Crippen molar-refractivity contribution in [1.82, 2.24) is 14.5 Å². The van der Waals surface area contributed by atoms with Crippen LogP contribution in [0.15, 0.2) is 73.2 Å². The predicted molar refractivity (Wildman–Crippen MR) is 139 cm³/mol. The van der Waals surface area contributed by atoms with Gasteiger partial charge in [-0.2, -0.15) is 0 Å². The summed E-state index contributed by atoms with van der Waals surface area (Å²) in [4.78, 5) is 7.97. The van der Waals surface area contributed by atoms with Gasteiger partial charge in [0.15, 0.2) is 17.7 Å². The summed E-state index contributed by atoms with van der Waals surface area (Å²) < 4.78 is 44.3. The largest absolute Gasteiger partial charge is 0.405 e. The predicted octanol–water partition coefficient (Wildman–Crippen LogP) is 4.35. The molecule has 1 fully saturated rings. The van der Waals surface area contributed by atoms with Gasteiger partial charge in [0.05, 0.1) is 18.1 Å². The number of fused-ring (bicyclic) bond motifs is 1. The first kappa shape index (κ1) is 24.5. The van der Waals surface area contributed by atoms with Crippen molar-refractivity contribution < 1.29 is 17.9 Å². The Morgan fingerprint density at radius 3 is 2.25 bits per heavy atom. The van der Waals surface area contributed by atoms with Crippen molar-refractivity contribution in [2.75, 3.05) is 12.3 Å². The molecule has 6 nitrogen and oxygen atoms in total. The molecule has 0 amide bonds. The molecular formula is C27H30F2N4O2Si. The molecular weight excluding hydrogens is 478 g/mol. The highest BCUT2D eigenvalue weighted by molar-refractivity contribution is 6.99. The number of nitrogen functional groups attached to an aromatic ring is 1. The maximum absolute atomic E-state index is 15.3. The van der Waals surface area contributed by atoms with Gasteiger partial charge in [-0.25, -0.2) is 18.7 Å². The molecule has 0 unspecified atom stereocenters. The minimum Gasteiger partial charge on any atom is -0.405 e. The topological polar surface area (TPSA) is 75.2 Å². The quantitative estimate of drug-likeness (QED) is 0.392. The summed E-state index contributed by atoms with van der Waals surface area (Å²) in [5.41, 5.74) is 6.03. The normalized spacial score (nSPS) is 20.8. The summed E-state index contributed by atoms with van der Waals surface area (Å²) in [6, 6.07) is 20.5. The van der Waals surface area contributed by atoms with E-state index < -0.39 is 32.6 Å². The molecule has 4 aromatic rings. The van der Waals surface area contributed by atoms with E-state index in [1.807, 2.05) is 36.4 Å². The highest BCUT2D eigenvalue weighted by atomic mass is 28.4. The molecule has 1 saturated heterocycles. The first-order valence-electron chi connectivity index (χ1n) is 12.0. The van der Waals surface area contributed by atoms with E-state index >= 15 is 4.39 Å². The third-order valence-electron chi connectivity index (χ3n) is 6.90. The first-order chi connectivity index (χ1) is 17.2.